The minimum atomic E-state index is -0.268. The Bertz CT molecular complexity index is 4170. The topological polar surface area (TPSA) is 8.17 Å². The molecule has 0 bridgehead atoms. The summed E-state index contributed by atoms with van der Waals surface area (Å²) in [5.41, 5.74) is 28.0. The van der Waals surface area contributed by atoms with Gasteiger partial charge in [0.2, 0.25) is 0 Å². The van der Waals surface area contributed by atoms with Gasteiger partial charge in [0.05, 0.1) is 11.2 Å². The maximum absolute atomic E-state index is 2.47. The molecule has 0 radical (unpaired) electrons. The summed E-state index contributed by atoms with van der Waals surface area (Å²) in [7, 11) is 0. The van der Waals surface area contributed by atoms with Crippen molar-refractivity contribution in [2.45, 2.75) is 38.5 Å². The lowest BCUT2D eigenvalue weighted by Gasteiger charge is -2.30. The normalized spacial score (nSPS) is 13.5. The predicted molar refractivity (Wildman–Crippen MR) is 320 cm³/mol. The lowest BCUT2D eigenvalue weighted by molar-refractivity contribution is 0.660. The van der Waals surface area contributed by atoms with Gasteiger partial charge in [0, 0.05) is 44.5 Å². The number of hydrogen-bond acceptors (Lipinski definition) is 1. The highest BCUT2D eigenvalue weighted by atomic mass is 15.1. The van der Waals surface area contributed by atoms with Crippen molar-refractivity contribution in [2.24, 2.45) is 0 Å². The van der Waals surface area contributed by atoms with Crippen molar-refractivity contribution in [1.29, 1.82) is 0 Å². The van der Waals surface area contributed by atoms with Crippen LogP contribution in [-0.4, -0.2) is 4.57 Å². The molecule has 0 atom stereocenters. The molecule has 0 fully saturated rings. The fourth-order valence-electron chi connectivity index (χ4n) is 12.7. The first-order valence-electron chi connectivity index (χ1n) is 26.7. The summed E-state index contributed by atoms with van der Waals surface area (Å²) in [5.74, 6) is 0. The van der Waals surface area contributed by atoms with E-state index < -0.39 is 0 Å². The van der Waals surface area contributed by atoms with Crippen LogP contribution in [0.5, 0.6) is 0 Å². The lowest BCUT2D eigenvalue weighted by Crippen LogP contribution is -2.18. The highest BCUT2D eigenvalue weighted by molar-refractivity contribution is 6.07. The Morgan fingerprint density at radius 1 is 0.289 bits per heavy atom. The van der Waals surface area contributed by atoms with Crippen LogP contribution in [0.3, 0.4) is 0 Å². The summed E-state index contributed by atoms with van der Waals surface area (Å²) in [6.07, 6.45) is 0. The predicted octanol–water partition coefficient (Wildman–Crippen LogP) is 20.0. The van der Waals surface area contributed by atoms with E-state index in [1.54, 1.807) is 0 Å². The standard InChI is InChI=1S/C74H56N2/c1-73(2)66-28-18-17-27-61(66)63-42-39-59(47-68(63)73)75(57-35-29-51(30-36-57)49-19-9-5-10-20-49)60-40-43-64-62-41-33-56(46-67(62)74(3,4)69(64)48-60)55-34-44-70-65(45-55)71(53-23-13-7-14-24-53)72(54-25-15-8-16-26-54)76(70)58-37-31-52(32-38-58)50-21-11-6-12-22-50/h5-48H,1-4H3. The summed E-state index contributed by atoms with van der Waals surface area (Å²) in [6.45, 7) is 9.55. The van der Waals surface area contributed by atoms with Gasteiger partial charge < -0.3 is 9.47 Å². The Hall–Kier alpha value is -9.24. The molecular weight excluding hydrogens is 917 g/mol. The average Bonchev–Trinajstić information content (AvgIpc) is 4.10. The molecule has 2 heteroatoms. The summed E-state index contributed by atoms with van der Waals surface area (Å²) in [4.78, 5) is 2.46. The van der Waals surface area contributed by atoms with E-state index >= 15 is 0 Å². The van der Waals surface area contributed by atoms with Gasteiger partial charge in [-0.25, -0.2) is 0 Å². The van der Waals surface area contributed by atoms with Gasteiger partial charge in [0.1, 0.15) is 0 Å². The third-order valence-electron chi connectivity index (χ3n) is 16.6. The molecule has 362 valence electrons. The minimum Gasteiger partial charge on any atom is -0.310 e. The third kappa shape index (κ3) is 7.31. The van der Waals surface area contributed by atoms with Crippen LogP contribution in [0.1, 0.15) is 49.9 Å². The van der Waals surface area contributed by atoms with Crippen LogP contribution in [0.2, 0.25) is 0 Å². The zero-order valence-corrected chi connectivity index (χ0v) is 43.3. The number of hydrogen-bond donors (Lipinski definition) is 0. The summed E-state index contributed by atoms with van der Waals surface area (Å²) < 4.78 is 2.47. The fourth-order valence-corrected chi connectivity index (χ4v) is 12.7. The first-order valence-corrected chi connectivity index (χ1v) is 26.7. The van der Waals surface area contributed by atoms with Gasteiger partial charge in [0.25, 0.3) is 0 Å². The van der Waals surface area contributed by atoms with Crippen LogP contribution >= 0.6 is 0 Å². The molecule has 0 saturated heterocycles. The van der Waals surface area contributed by atoms with Gasteiger partial charge in [-0.15, -0.1) is 0 Å². The molecule has 2 aliphatic rings. The molecule has 2 nitrogen and oxygen atoms in total. The fraction of sp³-hybridized carbons (Fsp3) is 0.0811. The second-order valence-corrected chi connectivity index (χ2v) is 21.7. The number of anilines is 3. The van der Waals surface area contributed by atoms with Gasteiger partial charge in [-0.3, -0.25) is 0 Å². The second-order valence-electron chi connectivity index (χ2n) is 21.7. The molecule has 1 aromatic heterocycles. The van der Waals surface area contributed by atoms with Crippen LogP contribution in [0, 0.1) is 0 Å². The zero-order valence-electron chi connectivity index (χ0n) is 43.3. The van der Waals surface area contributed by atoms with Crippen LogP contribution in [0.4, 0.5) is 17.1 Å². The van der Waals surface area contributed by atoms with E-state index in [0.29, 0.717) is 0 Å². The molecule has 0 saturated carbocycles. The molecule has 1 heterocycles. The summed E-state index contributed by atoms with van der Waals surface area (Å²) in [6, 6.07) is 98.8. The molecule has 12 aromatic rings. The van der Waals surface area contributed by atoms with Crippen LogP contribution < -0.4 is 4.90 Å². The Morgan fingerprint density at radius 2 is 0.684 bits per heavy atom. The Morgan fingerprint density at radius 3 is 1.26 bits per heavy atom. The SMILES string of the molecule is CC1(C)c2ccccc2-c2ccc(N(c3ccc(-c4ccccc4)cc3)c3ccc4c(c3)C(C)(C)c3cc(-c5ccc6c(c5)c(-c5ccccc5)c(-c5ccccc5)n6-c5ccc(-c6ccccc6)cc5)ccc3-4)cc21. The second kappa shape index (κ2) is 17.7. The Kier molecular flexibility index (Phi) is 10.6. The van der Waals surface area contributed by atoms with Crippen molar-refractivity contribution < 1.29 is 0 Å². The quantitative estimate of drug-likeness (QED) is 0.140. The highest BCUT2D eigenvalue weighted by Gasteiger charge is 2.38. The largest absolute Gasteiger partial charge is 0.310 e. The summed E-state index contributed by atoms with van der Waals surface area (Å²) >= 11 is 0. The first kappa shape index (κ1) is 45.4. The third-order valence-corrected chi connectivity index (χ3v) is 16.6. The molecule has 0 amide bonds. The average molecular weight is 973 g/mol. The van der Waals surface area contributed by atoms with Crippen molar-refractivity contribution in [2.75, 3.05) is 4.90 Å². The number of aromatic nitrogens is 1. The Balaban J connectivity index is 0.878. The van der Waals surface area contributed by atoms with Gasteiger partial charge in [-0.1, -0.05) is 228 Å². The van der Waals surface area contributed by atoms with Crippen LogP contribution in [-0.2, 0) is 10.8 Å². The van der Waals surface area contributed by atoms with Gasteiger partial charge in [0.15, 0.2) is 0 Å². The smallest absolute Gasteiger partial charge is 0.0619 e. The first-order chi connectivity index (χ1) is 37.2. The van der Waals surface area contributed by atoms with Crippen LogP contribution in [0.25, 0.3) is 94.6 Å². The molecule has 0 unspecified atom stereocenters. The molecule has 11 aromatic carbocycles. The summed E-state index contributed by atoms with van der Waals surface area (Å²) in [5, 5.41) is 1.22. The van der Waals surface area contributed by atoms with E-state index in [2.05, 4.69) is 304 Å². The van der Waals surface area contributed by atoms with Crippen molar-refractivity contribution in [1.82, 2.24) is 4.57 Å². The maximum Gasteiger partial charge on any atom is 0.0619 e. The molecule has 0 aliphatic heterocycles. The molecule has 14 rings (SSSR count). The van der Waals surface area contributed by atoms with Crippen molar-refractivity contribution in [3.63, 3.8) is 0 Å². The van der Waals surface area contributed by atoms with Crippen molar-refractivity contribution >= 4 is 28.0 Å². The molecule has 0 spiro atoms. The van der Waals surface area contributed by atoms with Crippen LogP contribution in [0.15, 0.2) is 267 Å². The molecule has 76 heavy (non-hydrogen) atoms. The molecular formula is C74H56N2. The maximum atomic E-state index is 2.47. The number of benzene rings is 11. The number of fused-ring (bicyclic) bond motifs is 7. The van der Waals surface area contributed by atoms with E-state index in [9.17, 15) is 0 Å². The van der Waals surface area contributed by atoms with E-state index in [1.165, 1.54) is 111 Å². The van der Waals surface area contributed by atoms with Crippen molar-refractivity contribution in [3.8, 4) is 83.7 Å². The number of rotatable bonds is 9. The van der Waals surface area contributed by atoms with Gasteiger partial charge in [-0.2, -0.15) is 0 Å². The molecule has 0 N–H and O–H groups in total. The van der Waals surface area contributed by atoms with Gasteiger partial charge >= 0.3 is 0 Å². The number of nitrogens with zero attached hydrogens (tertiary/aromatic N) is 2. The van der Waals surface area contributed by atoms with E-state index in [4.69, 9.17) is 0 Å². The lowest BCUT2D eigenvalue weighted by atomic mass is 9.81. The van der Waals surface area contributed by atoms with E-state index in [1.807, 2.05) is 0 Å². The highest BCUT2D eigenvalue weighted by Crippen LogP contribution is 2.54. The Labute approximate surface area is 446 Å². The minimum absolute atomic E-state index is 0.124. The monoisotopic (exact) mass is 972 g/mol. The van der Waals surface area contributed by atoms with Crippen molar-refractivity contribution in [3.05, 3.63) is 289 Å². The molecule has 2 aliphatic carbocycles. The van der Waals surface area contributed by atoms with Gasteiger partial charge in [-0.05, 0) is 156 Å². The van der Waals surface area contributed by atoms with E-state index in [0.717, 1.165) is 22.7 Å². The zero-order chi connectivity index (χ0) is 51.1. The van der Waals surface area contributed by atoms with E-state index in [-0.39, 0.29) is 10.8 Å².